The predicted molar refractivity (Wildman–Crippen MR) is 91.1 cm³/mol. The molecule has 6 nitrogen and oxygen atoms in total. The summed E-state index contributed by atoms with van der Waals surface area (Å²) < 4.78 is 41.5. The first-order chi connectivity index (χ1) is 12.5. The maximum absolute atomic E-state index is 13.5. The van der Waals surface area contributed by atoms with Crippen molar-refractivity contribution in [3.63, 3.8) is 0 Å². The topological polar surface area (TPSA) is 75.4 Å². The molecule has 1 aromatic carbocycles. The molecule has 1 aromatic heterocycles. The molecule has 0 atom stereocenters. The summed E-state index contributed by atoms with van der Waals surface area (Å²) in [6.07, 6.45) is -4.25. The summed E-state index contributed by atoms with van der Waals surface area (Å²) in [6.45, 7) is 1.56. The zero-order valence-corrected chi connectivity index (χ0v) is 15.1. The van der Waals surface area contributed by atoms with Crippen LogP contribution < -0.4 is 4.90 Å². The number of nitrogens with zero attached hydrogens (tertiary/aromatic N) is 3. The summed E-state index contributed by atoms with van der Waals surface area (Å²) in [5.74, 6) is -1.69. The average molecular weight is 402 g/mol. The monoisotopic (exact) mass is 401 g/mol. The maximum atomic E-state index is 13.5. The van der Waals surface area contributed by atoms with Crippen LogP contribution in [0.4, 0.5) is 18.9 Å². The molecular weight excluding hydrogens is 387 g/mol. The maximum Gasteiger partial charge on any atom is 0.418 e. The van der Waals surface area contributed by atoms with Gasteiger partial charge < -0.3 is 10.0 Å². The largest absolute Gasteiger partial charge is 0.493 e. The molecule has 0 saturated carbocycles. The van der Waals surface area contributed by atoms with Crippen molar-refractivity contribution in [2.45, 2.75) is 25.9 Å². The SMILES string of the molecule is Cc1nn(C)c(O)c1C(=O)c1ccc(C(F)(F)F)c(N2CCCC2=O)c1Cl. The van der Waals surface area contributed by atoms with E-state index in [4.69, 9.17) is 11.6 Å². The molecule has 0 unspecified atom stereocenters. The van der Waals surface area contributed by atoms with Gasteiger partial charge >= 0.3 is 6.18 Å². The molecule has 0 radical (unpaired) electrons. The highest BCUT2D eigenvalue weighted by molar-refractivity contribution is 6.38. The van der Waals surface area contributed by atoms with Crippen LogP contribution in [0.1, 0.15) is 40.0 Å². The Kier molecular flexibility index (Phi) is 4.67. The number of carbonyl (C=O) groups excluding carboxylic acids is 2. The van der Waals surface area contributed by atoms with Crippen LogP contribution in [-0.2, 0) is 18.0 Å². The normalized spacial score (nSPS) is 14.9. The van der Waals surface area contributed by atoms with Crippen LogP contribution in [0.3, 0.4) is 0 Å². The van der Waals surface area contributed by atoms with Gasteiger partial charge in [-0.15, -0.1) is 0 Å². The summed E-state index contributed by atoms with van der Waals surface area (Å²) in [4.78, 5) is 25.8. The van der Waals surface area contributed by atoms with Crippen LogP contribution in [0.15, 0.2) is 12.1 Å². The molecule has 2 heterocycles. The number of amides is 1. The highest BCUT2D eigenvalue weighted by atomic mass is 35.5. The van der Waals surface area contributed by atoms with Gasteiger partial charge in [-0.25, -0.2) is 4.68 Å². The minimum absolute atomic E-state index is 0.0798. The second-order valence-electron chi connectivity index (χ2n) is 6.21. The van der Waals surface area contributed by atoms with Crippen molar-refractivity contribution < 1.29 is 27.9 Å². The number of ketones is 1. The van der Waals surface area contributed by atoms with E-state index in [1.807, 2.05) is 0 Å². The number of rotatable bonds is 3. The van der Waals surface area contributed by atoms with E-state index in [-0.39, 0.29) is 29.8 Å². The van der Waals surface area contributed by atoms with Crippen molar-refractivity contribution in [2.24, 2.45) is 7.05 Å². The second kappa shape index (κ2) is 6.56. The van der Waals surface area contributed by atoms with Crippen molar-refractivity contribution >= 4 is 29.0 Å². The van der Waals surface area contributed by atoms with Crippen LogP contribution in [0.25, 0.3) is 0 Å². The Hall–Kier alpha value is -2.55. The van der Waals surface area contributed by atoms with Gasteiger partial charge in [0.15, 0.2) is 0 Å². The molecule has 1 aliphatic rings. The Balaban J connectivity index is 2.21. The van der Waals surface area contributed by atoms with Gasteiger partial charge in [-0.1, -0.05) is 11.6 Å². The van der Waals surface area contributed by atoms with Gasteiger partial charge in [0.2, 0.25) is 17.6 Å². The van der Waals surface area contributed by atoms with Crippen molar-refractivity contribution in [1.29, 1.82) is 0 Å². The fourth-order valence-electron chi connectivity index (χ4n) is 3.16. The van der Waals surface area contributed by atoms with Gasteiger partial charge in [0, 0.05) is 25.6 Å². The van der Waals surface area contributed by atoms with Gasteiger partial charge in [0.05, 0.1) is 22.0 Å². The second-order valence-corrected chi connectivity index (χ2v) is 6.58. The summed E-state index contributed by atoms with van der Waals surface area (Å²) in [5, 5.41) is 13.5. The lowest BCUT2D eigenvalue weighted by atomic mass is 9.99. The number of aryl methyl sites for hydroxylation is 2. The van der Waals surface area contributed by atoms with Crippen molar-refractivity contribution in [2.75, 3.05) is 11.4 Å². The third-order valence-corrected chi connectivity index (χ3v) is 4.81. The van der Waals surface area contributed by atoms with Gasteiger partial charge in [-0.3, -0.25) is 9.59 Å². The van der Waals surface area contributed by atoms with Gasteiger partial charge in [0.1, 0.15) is 5.56 Å². The number of hydrogen-bond acceptors (Lipinski definition) is 4. The minimum atomic E-state index is -4.75. The van der Waals surface area contributed by atoms with E-state index in [1.54, 1.807) is 0 Å². The Bertz CT molecular complexity index is 953. The predicted octanol–water partition coefficient (Wildman–Crippen LogP) is 3.46. The molecule has 1 saturated heterocycles. The highest BCUT2D eigenvalue weighted by Gasteiger charge is 2.40. The molecule has 1 amide bonds. The van der Waals surface area contributed by atoms with Crippen LogP contribution in [0.2, 0.25) is 5.02 Å². The molecule has 144 valence electrons. The third kappa shape index (κ3) is 3.16. The number of aromatic hydroxyl groups is 1. The number of anilines is 1. The van der Waals surface area contributed by atoms with Crippen LogP contribution >= 0.6 is 11.6 Å². The molecule has 0 aliphatic carbocycles. The van der Waals surface area contributed by atoms with Gasteiger partial charge in [-0.2, -0.15) is 18.3 Å². The van der Waals surface area contributed by atoms with E-state index in [1.165, 1.54) is 14.0 Å². The molecule has 1 fully saturated rings. The average Bonchev–Trinajstić information content (AvgIpc) is 3.09. The van der Waals surface area contributed by atoms with Gasteiger partial charge in [-0.05, 0) is 25.5 Å². The number of carbonyl (C=O) groups is 2. The van der Waals surface area contributed by atoms with Crippen LogP contribution in [0.5, 0.6) is 5.88 Å². The molecule has 1 N–H and O–H groups in total. The summed E-state index contributed by atoms with van der Waals surface area (Å²) in [6, 6.07) is 1.67. The molecular formula is C17H15ClF3N3O3. The van der Waals surface area contributed by atoms with Crippen molar-refractivity contribution in [1.82, 2.24) is 9.78 Å². The smallest absolute Gasteiger partial charge is 0.418 e. The number of hydrogen-bond donors (Lipinski definition) is 1. The van der Waals surface area contributed by atoms with Gasteiger partial charge in [0.25, 0.3) is 0 Å². The number of halogens is 4. The van der Waals surface area contributed by atoms with Crippen molar-refractivity contribution in [3.05, 3.63) is 39.5 Å². The molecule has 27 heavy (non-hydrogen) atoms. The lowest BCUT2D eigenvalue weighted by Gasteiger charge is -2.23. The molecule has 1 aliphatic heterocycles. The highest BCUT2D eigenvalue weighted by Crippen LogP contribution is 2.44. The van der Waals surface area contributed by atoms with Crippen LogP contribution in [-0.4, -0.2) is 33.1 Å². The zero-order valence-electron chi connectivity index (χ0n) is 14.4. The van der Waals surface area contributed by atoms with E-state index < -0.39 is 40.0 Å². The zero-order chi connectivity index (χ0) is 20.1. The third-order valence-electron chi connectivity index (χ3n) is 4.43. The van der Waals surface area contributed by atoms with E-state index in [2.05, 4.69) is 5.10 Å². The first kappa shape index (κ1) is 19.2. The van der Waals surface area contributed by atoms with E-state index in [0.29, 0.717) is 6.42 Å². The summed E-state index contributed by atoms with van der Waals surface area (Å²) in [7, 11) is 1.42. The quantitative estimate of drug-likeness (QED) is 0.799. The summed E-state index contributed by atoms with van der Waals surface area (Å²) >= 11 is 6.20. The Morgan fingerprint density at radius 1 is 1.33 bits per heavy atom. The van der Waals surface area contributed by atoms with E-state index >= 15 is 0 Å². The fraction of sp³-hybridized carbons (Fsp3) is 0.353. The number of benzene rings is 1. The molecule has 3 rings (SSSR count). The Morgan fingerprint density at radius 2 is 2.00 bits per heavy atom. The van der Waals surface area contributed by atoms with Crippen LogP contribution in [0, 0.1) is 6.92 Å². The van der Waals surface area contributed by atoms with E-state index in [0.717, 1.165) is 21.7 Å². The Morgan fingerprint density at radius 3 is 2.48 bits per heavy atom. The lowest BCUT2D eigenvalue weighted by molar-refractivity contribution is -0.137. The fourth-order valence-corrected chi connectivity index (χ4v) is 3.52. The molecule has 0 spiro atoms. The standard InChI is InChI=1S/C17H15ClF3N3O3/c1-8-12(16(27)23(2)22-8)15(26)9-5-6-10(17(19,20)21)14(13(9)18)24-7-3-4-11(24)25/h5-6,27H,3-4,7H2,1-2H3. The lowest BCUT2D eigenvalue weighted by Crippen LogP contribution is -2.27. The number of alkyl halides is 3. The first-order valence-corrected chi connectivity index (χ1v) is 8.39. The van der Waals surface area contributed by atoms with E-state index in [9.17, 15) is 27.9 Å². The minimum Gasteiger partial charge on any atom is -0.493 e. The molecule has 10 heteroatoms. The Labute approximate surface area is 157 Å². The van der Waals surface area contributed by atoms with Crippen molar-refractivity contribution in [3.8, 4) is 5.88 Å². The molecule has 2 aromatic rings. The summed E-state index contributed by atoms with van der Waals surface area (Å²) in [5.41, 5.74) is -1.82. The number of aromatic nitrogens is 2. The molecule has 0 bridgehead atoms. The first-order valence-electron chi connectivity index (χ1n) is 8.01.